The van der Waals surface area contributed by atoms with Crippen molar-refractivity contribution >= 4 is 15.9 Å². The first-order valence-corrected chi connectivity index (χ1v) is 5.15. The molecule has 0 N–H and O–H groups in total. The van der Waals surface area contributed by atoms with Crippen molar-refractivity contribution in [1.29, 1.82) is 0 Å². The van der Waals surface area contributed by atoms with Gasteiger partial charge in [0.15, 0.2) is 0 Å². The van der Waals surface area contributed by atoms with Gasteiger partial charge in [-0.15, -0.1) is 0 Å². The first kappa shape index (κ1) is 11.5. The van der Waals surface area contributed by atoms with Gasteiger partial charge in [-0.2, -0.15) is 0 Å². The number of nitrogens with zero attached hydrogens (tertiary/aromatic N) is 1. The molecule has 1 aromatic heterocycles. The highest BCUT2D eigenvalue weighted by molar-refractivity contribution is 9.10. The number of rotatable bonds is 3. The van der Waals surface area contributed by atoms with Gasteiger partial charge in [0, 0.05) is 23.8 Å². The van der Waals surface area contributed by atoms with Crippen molar-refractivity contribution in [2.45, 2.75) is 26.0 Å². The van der Waals surface area contributed by atoms with E-state index < -0.39 is 0 Å². The van der Waals surface area contributed by atoms with Crippen LogP contribution in [0.2, 0.25) is 0 Å². The van der Waals surface area contributed by atoms with Crippen LogP contribution in [0.3, 0.4) is 0 Å². The molecule has 0 spiro atoms. The molecule has 0 aliphatic heterocycles. The molecule has 1 heterocycles. The molecule has 0 aromatic carbocycles. The van der Waals surface area contributed by atoms with Crippen LogP contribution in [0.25, 0.3) is 0 Å². The first-order valence-electron chi connectivity index (χ1n) is 4.36. The van der Waals surface area contributed by atoms with E-state index in [0.717, 1.165) is 4.47 Å². The Morgan fingerprint density at radius 3 is 2.71 bits per heavy atom. The second kappa shape index (κ2) is 4.28. The Bertz CT molecular complexity index is 371. The quantitative estimate of drug-likeness (QED) is 0.832. The zero-order chi connectivity index (χ0) is 10.8. The van der Waals surface area contributed by atoms with Gasteiger partial charge in [0.2, 0.25) is 0 Å². The Balaban J connectivity index is 2.97. The molecule has 0 amide bonds. The number of pyridine rings is 1. The topological polar surface area (TPSA) is 31.2 Å². The van der Waals surface area contributed by atoms with Crippen LogP contribution in [-0.2, 0) is 11.3 Å². The Hall–Kier alpha value is -0.610. The normalized spacial score (nSPS) is 11.7. The van der Waals surface area contributed by atoms with Crippen molar-refractivity contribution in [3.63, 3.8) is 0 Å². The van der Waals surface area contributed by atoms with Crippen LogP contribution in [0.15, 0.2) is 27.6 Å². The van der Waals surface area contributed by atoms with Gasteiger partial charge < -0.3 is 9.30 Å². The summed E-state index contributed by atoms with van der Waals surface area (Å²) in [4.78, 5) is 11.5. The van der Waals surface area contributed by atoms with E-state index in [1.807, 2.05) is 13.8 Å². The summed E-state index contributed by atoms with van der Waals surface area (Å²) >= 11 is 3.33. The van der Waals surface area contributed by atoms with Gasteiger partial charge in [0.25, 0.3) is 5.56 Å². The molecule has 1 aromatic rings. The fraction of sp³-hybridized carbons (Fsp3) is 0.500. The zero-order valence-corrected chi connectivity index (χ0v) is 10.2. The number of hydrogen-bond donors (Lipinski definition) is 0. The predicted molar refractivity (Wildman–Crippen MR) is 59.5 cm³/mol. The van der Waals surface area contributed by atoms with Gasteiger partial charge in [-0.3, -0.25) is 4.79 Å². The number of methoxy groups -OCH3 is 1. The number of ether oxygens (including phenoxy) is 1. The van der Waals surface area contributed by atoms with Crippen LogP contribution in [0.5, 0.6) is 0 Å². The second-order valence-corrected chi connectivity index (χ2v) is 4.69. The largest absolute Gasteiger partial charge is 0.377 e. The molecule has 0 bridgehead atoms. The van der Waals surface area contributed by atoms with Crippen LogP contribution in [0.4, 0.5) is 0 Å². The predicted octanol–water partition coefficient (Wildman–Crippen LogP) is 2.04. The van der Waals surface area contributed by atoms with Gasteiger partial charge in [-0.25, -0.2) is 0 Å². The van der Waals surface area contributed by atoms with E-state index in [1.54, 1.807) is 23.9 Å². The third-order valence-corrected chi connectivity index (χ3v) is 2.52. The van der Waals surface area contributed by atoms with Crippen molar-refractivity contribution in [2.24, 2.45) is 0 Å². The lowest BCUT2D eigenvalue weighted by atomic mass is 10.1. The molecule has 78 valence electrons. The molecule has 0 unspecified atom stereocenters. The number of halogens is 1. The van der Waals surface area contributed by atoms with E-state index in [0.29, 0.717) is 6.54 Å². The molecule has 0 saturated heterocycles. The SMILES string of the molecule is COC(C)(C)Cn1cc(Br)ccc1=O. The van der Waals surface area contributed by atoms with Crippen LogP contribution in [-0.4, -0.2) is 17.3 Å². The Morgan fingerprint density at radius 1 is 1.50 bits per heavy atom. The molecule has 0 aliphatic rings. The van der Waals surface area contributed by atoms with Crippen molar-refractivity contribution in [1.82, 2.24) is 4.57 Å². The van der Waals surface area contributed by atoms with Crippen LogP contribution < -0.4 is 5.56 Å². The second-order valence-electron chi connectivity index (χ2n) is 3.78. The van der Waals surface area contributed by atoms with Gasteiger partial charge in [0.1, 0.15) is 0 Å². The lowest BCUT2D eigenvalue weighted by Crippen LogP contribution is -2.33. The summed E-state index contributed by atoms with van der Waals surface area (Å²) in [5.74, 6) is 0. The molecule has 0 aliphatic carbocycles. The van der Waals surface area contributed by atoms with E-state index in [4.69, 9.17) is 4.74 Å². The summed E-state index contributed by atoms with van der Waals surface area (Å²) in [7, 11) is 1.64. The van der Waals surface area contributed by atoms with E-state index in [2.05, 4.69) is 15.9 Å². The Morgan fingerprint density at radius 2 is 2.14 bits per heavy atom. The molecular formula is C10H14BrNO2. The third-order valence-electron chi connectivity index (χ3n) is 2.05. The smallest absolute Gasteiger partial charge is 0.250 e. The Kier molecular flexibility index (Phi) is 3.50. The highest BCUT2D eigenvalue weighted by atomic mass is 79.9. The minimum Gasteiger partial charge on any atom is -0.377 e. The molecule has 0 radical (unpaired) electrons. The third kappa shape index (κ3) is 2.96. The van der Waals surface area contributed by atoms with Gasteiger partial charge in [-0.05, 0) is 35.8 Å². The van der Waals surface area contributed by atoms with E-state index in [-0.39, 0.29) is 11.2 Å². The highest BCUT2D eigenvalue weighted by Gasteiger charge is 2.17. The first-order chi connectivity index (χ1) is 6.44. The van der Waals surface area contributed by atoms with Gasteiger partial charge >= 0.3 is 0 Å². The minimum absolute atomic E-state index is 0.0154. The van der Waals surface area contributed by atoms with Crippen LogP contribution >= 0.6 is 15.9 Å². The molecule has 0 saturated carbocycles. The standard InChI is InChI=1S/C10H14BrNO2/c1-10(2,14-3)7-12-6-8(11)4-5-9(12)13/h4-6H,7H2,1-3H3. The molecule has 4 heteroatoms. The summed E-state index contributed by atoms with van der Waals surface area (Å²) in [6, 6.07) is 3.27. The van der Waals surface area contributed by atoms with Crippen molar-refractivity contribution in [2.75, 3.05) is 7.11 Å². The highest BCUT2D eigenvalue weighted by Crippen LogP contribution is 2.11. The molecule has 1 rings (SSSR count). The zero-order valence-electron chi connectivity index (χ0n) is 8.58. The van der Waals surface area contributed by atoms with Gasteiger partial charge in [0.05, 0.1) is 12.1 Å². The Labute approximate surface area is 91.8 Å². The molecule has 0 fully saturated rings. The van der Waals surface area contributed by atoms with Crippen LogP contribution in [0, 0.1) is 0 Å². The maximum atomic E-state index is 11.5. The van der Waals surface area contributed by atoms with E-state index in [1.165, 1.54) is 6.07 Å². The molecule has 14 heavy (non-hydrogen) atoms. The maximum absolute atomic E-state index is 11.5. The summed E-state index contributed by atoms with van der Waals surface area (Å²) in [5, 5.41) is 0. The summed E-state index contributed by atoms with van der Waals surface area (Å²) in [6.45, 7) is 4.43. The minimum atomic E-state index is -0.329. The average molecular weight is 260 g/mol. The molecule has 0 atom stereocenters. The maximum Gasteiger partial charge on any atom is 0.250 e. The van der Waals surface area contributed by atoms with E-state index >= 15 is 0 Å². The van der Waals surface area contributed by atoms with E-state index in [9.17, 15) is 4.79 Å². The molecule has 3 nitrogen and oxygen atoms in total. The number of hydrogen-bond acceptors (Lipinski definition) is 2. The summed E-state index contributed by atoms with van der Waals surface area (Å²) in [6.07, 6.45) is 1.77. The fourth-order valence-electron chi connectivity index (χ4n) is 1.10. The average Bonchev–Trinajstić information content (AvgIpc) is 2.11. The lowest BCUT2D eigenvalue weighted by Gasteiger charge is -2.23. The van der Waals surface area contributed by atoms with Crippen molar-refractivity contribution in [3.05, 3.63) is 33.2 Å². The van der Waals surface area contributed by atoms with Crippen LogP contribution in [0.1, 0.15) is 13.8 Å². The lowest BCUT2D eigenvalue weighted by molar-refractivity contribution is 0.00735. The van der Waals surface area contributed by atoms with Crippen molar-refractivity contribution in [3.8, 4) is 0 Å². The monoisotopic (exact) mass is 259 g/mol. The summed E-state index contributed by atoms with van der Waals surface area (Å²) in [5.41, 5.74) is -0.344. The van der Waals surface area contributed by atoms with Gasteiger partial charge in [-0.1, -0.05) is 0 Å². The molecular weight excluding hydrogens is 246 g/mol. The number of aromatic nitrogens is 1. The summed E-state index contributed by atoms with van der Waals surface area (Å²) < 4.78 is 7.79. The fourth-order valence-corrected chi connectivity index (χ4v) is 1.48. The van der Waals surface area contributed by atoms with Crippen molar-refractivity contribution < 1.29 is 4.74 Å².